The van der Waals surface area contributed by atoms with E-state index in [0.29, 0.717) is 34.0 Å². The van der Waals surface area contributed by atoms with Crippen molar-refractivity contribution in [1.82, 2.24) is 10.2 Å². The summed E-state index contributed by atoms with van der Waals surface area (Å²) in [5.41, 5.74) is 0.583. The summed E-state index contributed by atoms with van der Waals surface area (Å²) in [7, 11) is 0. The number of urea groups is 1. The second-order valence-electron chi connectivity index (χ2n) is 3.86. The summed E-state index contributed by atoms with van der Waals surface area (Å²) >= 11 is 13.6. The van der Waals surface area contributed by atoms with Gasteiger partial charge in [0.2, 0.25) is 0 Å². The van der Waals surface area contributed by atoms with Crippen molar-refractivity contribution in [1.29, 1.82) is 0 Å². The number of nitrogens with one attached hydrogen (secondary N) is 2. The highest BCUT2D eigenvalue weighted by Gasteiger charge is 2.19. The minimum atomic E-state index is -0.157. The number of amides is 2. The van der Waals surface area contributed by atoms with Gasteiger partial charge in [-0.3, -0.25) is 0 Å². The molecule has 0 bridgehead atoms. The van der Waals surface area contributed by atoms with E-state index in [-0.39, 0.29) is 30.0 Å². The number of hydrogen-bond acceptors (Lipinski definition) is 2. The Morgan fingerprint density at radius 3 is 2.24 bits per heavy atom. The molecule has 2 N–H and O–H groups in total. The Hall–Kier alpha value is -0.180. The van der Waals surface area contributed by atoms with Gasteiger partial charge in [-0.25, -0.2) is 9.79 Å². The minimum absolute atomic E-state index is 0. The van der Waals surface area contributed by atoms with Crippen LogP contribution in [-0.4, -0.2) is 35.4 Å². The number of thioether (sulfide) groups is 1. The first-order valence-corrected chi connectivity index (χ1v) is 8.19. The lowest BCUT2D eigenvalue weighted by Crippen LogP contribution is -3.00. The molecule has 2 amide bonds. The van der Waals surface area contributed by atoms with Crippen molar-refractivity contribution < 1.29 is 33.8 Å². The lowest BCUT2D eigenvalue weighted by molar-refractivity contribution is -0.351. The summed E-state index contributed by atoms with van der Waals surface area (Å²) in [4.78, 5) is 16.8. The highest BCUT2D eigenvalue weighted by atomic mass is 127. The highest BCUT2D eigenvalue weighted by molar-refractivity contribution is 8.13. The van der Waals surface area contributed by atoms with Gasteiger partial charge >= 0.3 is 11.2 Å². The number of halogens is 3. The molecule has 118 valence electrons. The Balaban J connectivity index is 0.00000400. The van der Waals surface area contributed by atoms with Gasteiger partial charge in [0, 0.05) is 13.1 Å². The number of carbonyl (C=O) groups excluding carboxylic acids is 1. The van der Waals surface area contributed by atoms with Crippen molar-refractivity contribution in [3.05, 3.63) is 28.2 Å². The Kier molecular flexibility index (Phi) is 10.4. The van der Waals surface area contributed by atoms with E-state index < -0.39 is 0 Å². The molecule has 0 saturated carbocycles. The van der Waals surface area contributed by atoms with Crippen LogP contribution in [0.5, 0.6) is 0 Å². The van der Waals surface area contributed by atoms with Gasteiger partial charge in [0.05, 0.1) is 10.0 Å². The van der Waals surface area contributed by atoms with E-state index in [4.69, 9.17) is 23.2 Å². The molecule has 0 fully saturated rings. The van der Waals surface area contributed by atoms with E-state index in [1.54, 1.807) is 23.1 Å². The number of amidine groups is 1. The van der Waals surface area contributed by atoms with Crippen LogP contribution in [0.4, 0.5) is 10.5 Å². The highest BCUT2D eigenvalue weighted by Crippen LogP contribution is 2.24. The molecule has 1 aromatic carbocycles. The third-order valence-electron chi connectivity index (χ3n) is 2.68. The largest absolute Gasteiger partial charge is 1.00 e. The van der Waals surface area contributed by atoms with E-state index >= 15 is 0 Å². The van der Waals surface area contributed by atoms with Crippen molar-refractivity contribution in [3.63, 3.8) is 0 Å². The SMILES string of the molecule is CCN(CC)C(=O)NC(=[NH+]c1c(Cl)cccc1Cl)SC.[I-]. The van der Waals surface area contributed by atoms with Gasteiger partial charge in [-0.2, -0.15) is 5.32 Å². The van der Waals surface area contributed by atoms with Crippen LogP contribution < -0.4 is 34.3 Å². The van der Waals surface area contributed by atoms with Gasteiger partial charge < -0.3 is 28.9 Å². The van der Waals surface area contributed by atoms with E-state index in [2.05, 4.69) is 10.3 Å². The van der Waals surface area contributed by atoms with Crippen LogP contribution in [0.15, 0.2) is 18.2 Å². The Morgan fingerprint density at radius 1 is 1.29 bits per heavy atom. The van der Waals surface area contributed by atoms with Crippen LogP contribution in [0.2, 0.25) is 10.0 Å². The zero-order chi connectivity index (χ0) is 15.1. The van der Waals surface area contributed by atoms with Gasteiger partial charge in [-0.05, 0) is 44.0 Å². The molecule has 0 radical (unpaired) electrons. The summed E-state index contributed by atoms with van der Waals surface area (Å²) < 4.78 is 0. The summed E-state index contributed by atoms with van der Waals surface area (Å²) in [6.45, 7) is 5.16. The Morgan fingerprint density at radius 2 is 1.81 bits per heavy atom. The van der Waals surface area contributed by atoms with Crippen LogP contribution in [0.1, 0.15) is 13.8 Å². The second-order valence-corrected chi connectivity index (χ2v) is 5.49. The summed E-state index contributed by atoms with van der Waals surface area (Å²) in [5, 5.41) is 4.39. The molecule has 21 heavy (non-hydrogen) atoms. The molecule has 0 saturated heterocycles. The molecule has 0 unspecified atom stereocenters. The summed E-state index contributed by atoms with van der Waals surface area (Å²) in [6.07, 6.45) is 1.86. The quantitative estimate of drug-likeness (QED) is 0.361. The van der Waals surface area contributed by atoms with Crippen molar-refractivity contribution in [2.75, 3.05) is 19.3 Å². The monoisotopic (exact) mass is 461 g/mol. The molecule has 1 aromatic rings. The van der Waals surface area contributed by atoms with Crippen LogP contribution in [0, 0.1) is 0 Å². The summed E-state index contributed by atoms with van der Waals surface area (Å²) in [6, 6.07) is 5.08. The molecule has 0 heterocycles. The van der Waals surface area contributed by atoms with Crippen LogP contribution in [-0.2, 0) is 0 Å². The fourth-order valence-electron chi connectivity index (χ4n) is 1.55. The number of nitrogens with zero attached hydrogens (tertiary/aromatic N) is 1. The first-order chi connectivity index (χ1) is 9.53. The second kappa shape index (κ2) is 10.5. The predicted molar refractivity (Wildman–Crippen MR) is 87.1 cm³/mol. The maximum Gasteiger partial charge on any atom is 0.409 e. The zero-order valence-electron chi connectivity index (χ0n) is 12.0. The first kappa shape index (κ1) is 20.8. The van der Waals surface area contributed by atoms with Crippen molar-refractivity contribution >= 4 is 51.8 Å². The fourth-order valence-corrected chi connectivity index (χ4v) is 2.44. The van der Waals surface area contributed by atoms with E-state index in [1.807, 2.05) is 20.1 Å². The Labute approximate surface area is 156 Å². The molecule has 0 aliphatic heterocycles. The normalized spacial score (nSPS) is 10.8. The van der Waals surface area contributed by atoms with Gasteiger partial charge in [0.25, 0.3) is 0 Å². The molecule has 0 aliphatic carbocycles. The van der Waals surface area contributed by atoms with Crippen molar-refractivity contribution in [3.8, 4) is 0 Å². The zero-order valence-corrected chi connectivity index (χ0v) is 16.5. The standard InChI is InChI=1S/C13H17Cl2N3OS.HI/c1-4-18(5-2)13(19)17-12(20-3)16-11-9(14)7-6-8-10(11)15;/h6-8H,4-5H2,1-3H3,(H,16,17,19);1H. The first-order valence-electron chi connectivity index (χ1n) is 6.21. The molecule has 8 heteroatoms. The van der Waals surface area contributed by atoms with E-state index in [1.165, 1.54) is 11.8 Å². The molecule has 0 spiro atoms. The van der Waals surface area contributed by atoms with E-state index in [0.717, 1.165) is 0 Å². The van der Waals surface area contributed by atoms with Gasteiger partial charge in [-0.15, -0.1) is 0 Å². The predicted octanol–water partition coefficient (Wildman–Crippen LogP) is -0.520. The minimum Gasteiger partial charge on any atom is -1.00 e. The number of rotatable bonds is 3. The number of hydrogen-bond donors (Lipinski definition) is 2. The lowest BCUT2D eigenvalue weighted by Gasteiger charge is -2.15. The maximum absolute atomic E-state index is 12.0. The van der Waals surface area contributed by atoms with Crippen LogP contribution in [0.25, 0.3) is 0 Å². The van der Waals surface area contributed by atoms with Crippen LogP contribution >= 0.6 is 35.0 Å². The lowest BCUT2D eigenvalue weighted by atomic mass is 10.3. The molecule has 0 aromatic heterocycles. The third-order valence-corrected chi connectivity index (χ3v) is 3.92. The van der Waals surface area contributed by atoms with Crippen LogP contribution in [0.3, 0.4) is 0 Å². The molecule has 4 nitrogen and oxygen atoms in total. The Bertz CT molecular complexity index is 490. The summed E-state index contributed by atoms with van der Waals surface area (Å²) in [5.74, 6) is 0. The van der Waals surface area contributed by atoms with Gasteiger partial charge in [0.15, 0.2) is 5.69 Å². The van der Waals surface area contributed by atoms with E-state index in [9.17, 15) is 4.79 Å². The average molecular weight is 462 g/mol. The van der Waals surface area contributed by atoms with Crippen molar-refractivity contribution in [2.45, 2.75) is 13.8 Å². The topological polar surface area (TPSA) is 46.3 Å². The van der Waals surface area contributed by atoms with Gasteiger partial charge in [-0.1, -0.05) is 29.3 Å². The number of carbonyl (C=O) groups is 1. The maximum atomic E-state index is 12.0. The van der Waals surface area contributed by atoms with Gasteiger partial charge in [0.1, 0.15) is 0 Å². The smallest absolute Gasteiger partial charge is 0.409 e. The average Bonchev–Trinajstić information content (AvgIpc) is 2.43. The molecular formula is C13H18Cl2IN3OS. The molecular weight excluding hydrogens is 444 g/mol. The number of para-hydroxylation sites is 1. The number of benzene rings is 1. The molecule has 1 rings (SSSR count). The third kappa shape index (κ3) is 6.22. The molecule has 0 aliphatic rings. The molecule has 0 atom stereocenters. The van der Waals surface area contributed by atoms with Crippen molar-refractivity contribution in [2.24, 2.45) is 0 Å². The fraction of sp³-hybridized carbons (Fsp3) is 0.385.